The standard InChI is InChI=1S/C19H18Cl5N3O3S/c1-29-13-7-6-10(8-14(13)30-2)9-15(28)25-17(19(22,23)24)27-18(31)26-16-11(20)4-3-5-12(16)21/h3-8,17H,9H2,1-2H3,(H,25,28)(H2,26,27,31)/t17-/m1/s1. The molecule has 1 amide bonds. The van der Waals surface area contributed by atoms with Gasteiger partial charge in [-0.05, 0) is 42.0 Å². The summed E-state index contributed by atoms with van der Waals surface area (Å²) in [5, 5.41) is 8.92. The number of para-hydroxylation sites is 1. The predicted molar refractivity (Wildman–Crippen MR) is 131 cm³/mol. The number of ether oxygens (including phenoxy) is 2. The Hall–Kier alpha value is -1.35. The van der Waals surface area contributed by atoms with Gasteiger partial charge in [0, 0.05) is 0 Å². The maximum absolute atomic E-state index is 12.6. The van der Waals surface area contributed by atoms with Crippen LogP contribution in [0.15, 0.2) is 36.4 Å². The number of anilines is 1. The lowest BCUT2D eigenvalue weighted by Crippen LogP contribution is -2.56. The highest BCUT2D eigenvalue weighted by Gasteiger charge is 2.34. The van der Waals surface area contributed by atoms with Gasteiger partial charge in [0.05, 0.1) is 36.4 Å². The normalized spacial score (nSPS) is 12.0. The van der Waals surface area contributed by atoms with Crippen LogP contribution in [0.5, 0.6) is 11.5 Å². The molecule has 0 saturated heterocycles. The summed E-state index contributed by atoms with van der Waals surface area (Å²) in [7, 11) is 3.03. The third-order valence-electron chi connectivity index (χ3n) is 3.92. The van der Waals surface area contributed by atoms with Crippen LogP contribution in [0.4, 0.5) is 5.69 Å². The molecule has 2 aromatic rings. The number of nitrogens with one attached hydrogen (secondary N) is 3. The largest absolute Gasteiger partial charge is 0.493 e. The Morgan fingerprint density at radius 3 is 2.19 bits per heavy atom. The van der Waals surface area contributed by atoms with E-state index in [1.165, 1.54) is 14.2 Å². The molecule has 0 saturated carbocycles. The second-order valence-electron chi connectivity index (χ2n) is 6.10. The highest BCUT2D eigenvalue weighted by atomic mass is 35.6. The van der Waals surface area contributed by atoms with E-state index >= 15 is 0 Å². The topological polar surface area (TPSA) is 71.6 Å². The van der Waals surface area contributed by atoms with E-state index in [2.05, 4.69) is 16.0 Å². The molecule has 31 heavy (non-hydrogen) atoms. The van der Waals surface area contributed by atoms with Gasteiger partial charge in [0.15, 0.2) is 16.6 Å². The molecule has 0 aliphatic carbocycles. The monoisotopic (exact) mass is 543 g/mol. The number of halogens is 5. The van der Waals surface area contributed by atoms with E-state index in [1.54, 1.807) is 36.4 Å². The van der Waals surface area contributed by atoms with Gasteiger partial charge in [0.2, 0.25) is 9.70 Å². The molecule has 0 heterocycles. The molecule has 0 unspecified atom stereocenters. The van der Waals surface area contributed by atoms with Gasteiger partial charge in [0.1, 0.15) is 6.17 Å². The van der Waals surface area contributed by atoms with Crippen LogP contribution in [0.25, 0.3) is 0 Å². The maximum atomic E-state index is 12.6. The number of rotatable bonds is 7. The fraction of sp³-hybridized carbons (Fsp3) is 0.263. The van der Waals surface area contributed by atoms with Gasteiger partial charge in [-0.1, -0.05) is 70.1 Å². The number of methoxy groups -OCH3 is 2. The summed E-state index contributed by atoms with van der Waals surface area (Å²) in [5.74, 6) is 0.614. The number of hydrogen-bond donors (Lipinski definition) is 3. The molecular weight excluding hydrogens is 528 g/mol. The van der Waals surface area contributed by atoms with Crippen molar-refractivity contribution in [2.45, 2.75) is 16.4 Å². The molecule has 0 bridgehead atoms. The molecule has 3 N–H and O–H groups in total. The van der Waals surface area contributed by atoms with Crippen molar-refractivity contribution in [1.82, 2.24) is 10.6 Å². The van der Waals surface area contributed by atoms with E-state index in [0.717, 1.165) is 0 Å². The average Bonchev–Trinajstić information content (AvgIpc) is 2.69. The van der Waals surface area contributed by atoms with Gasteiger partial charge in [-0.25, -0.2) is 0 Å². The number of hydrogen-bond acceptors (Lipinski definition) is 4. The smallest absolute Gasteiger partial charge is 0.228 e. The number of benzene rings is 2. The van der Waals surface area contributed by atoms with E-state index < -0.39 is 15.9 Å². The van der Waals surface area contributed by atoms with Crippen molar-refractivity contribution >= 4 is 86.9 Å². The second-order valence-corrected chi connectivity index (χ2v) is 9.69. The van der Waals surface area contributed by atoms with Crippen molar-refractivity contribution in [2.75, 3.05) is 19.5 Å². The van der Waals surface area contributed by atoms with E-state index in [4.69, 9.17) is 79.7 Å². The van der Waals surface area contributed by atoms with Crippen molar-refractivity contribution in [3.63, 3.8) is 0 Å². The van der Waals surface area contributed by atoms with Crippen LogP contribution in [0.1, 0.15) is 5.56 Å². The number of amides is 1. The van der Waals surface area contributed by atoms with E-state index in [-0.39, 0.29) is 11.5 Å². The Labute approximate surface area is 210 Å². The molecule has 2 aromatic carbocycles. The van der Waals surface area contributed by atoms with E-state index in [0.29, 0.717) is 32.8 Å². The third kappa shape index (κ3) is 7.63. The molecule has 168 valence electrons. The molecule has 0 aromatic heterocycles. The number of thiocarbonyl (C=S) groups is 1. The maximum Gasteiger partial charge on any atom is 0.228 e. The Balaban J connectivity index is 2.07. The SMILES string of the molecule is COc1ccc(CC(=O)N[C@H](NC(=S)Nc2c(Cl)cccc2Cl)C(Cl)(Cl)Cl)cc1OC. The average molecular weight is 546 g/mol. The second kappa shape index (κ2) is 11.5. The Kier molecular flexibility index (Phi) is 9.61. The van der Waals surface area contributed by atoms with E-state index in [1.807, 2.05) is 0 Å². The van der Waals surface area contributed by atoms with Gasteiger partial charge >= 0.3 is 0 Å². The summed E-state index contributed by atoms with van der Waals surface area (Å²) >= 11 is 35.5. The fourth-order valence-corrected chi connectivity index (χ4v) is 3.52. The van der Waals surface area contributed by atoms with Crippen LogP contribution in [0.2, 0.25) is 10.0 Å². The first-order chi connectivity index (χ1) is 14.5. The summed E-state index contributed by atoms with van der Waals surface area (Å²) in [6.45, 7) is 0. The minimum Gasteiger partial charge on any atom is -0.493 e. The summed E-state index contributed by atoms with van der Waals surface area (Å²) < 4.78 is 8.52. The summed E-state index contributed by atoms with van der Waals surface area (Å²) in [4.78, 5) is 12.6. The highest BCUT2D eigenvalue weighted by Crippen LogP contribution is 2.32. The zero-order valence-corrected chi connectivity index (χ0v) is 20.9. The van der Waals surface area contributed by atoms with Gasteiger partial charge in [-0.2, -0.15) is 0 Å². The van der Waals surface area contributed by atoms with Crippen LogP contribution in [0.3, 0.4) is 0 Å². The first kappa shape index (κ1) is 25.9. The van der Waals surface area contributed by atoms with Crippen LogP contribution in [0, 0.1) is 0 Å². The van der Waals surface area contributed by atoms with E-state index in [9.17, 15) is 4.79 Å². The summed E-state index contributed by atoms with van der Waals surface area (Å²) in [6.07, 6.45) is -1.15. The molecule has 0 spiro atoms. The molecule has 0 fully saturated rings. The Morgan fingerprint density at radius 2 is 1.65 bits per heavy atom. The van der Waals surface area contributed by atoms with Crippen LogP contribution < -0.4 is 25.4 Å². The molecule has 6 nitrogen and oxygen atoms in total. The minimum absolute atomic E-state index is 0.00415. The van der Waals surface area contributed by atoms with Crippen molar-refractivity contribution in [2.24, 2.45) is 0 Å². The number of carbonyl (C=O) groups is 1. The van der Waals surface area contributed by atoms with Crippen molar-refractivity contribution in [1.29, 1.82) is 0 Å². The quantitative estimate of drug-likeness (QED) is 0.248. The number of alkyl halides is 3. The molecule has 0 aliphatic rings. The number of carbonyl (C=O) groups excluding carboxylic acids is 1. The van der Waals surface area contributed by atoms with Gasteiger partial charge in [-0.15, -0.1) is 0 Å². The molecule has 12 heteroatoms. The first-order valence-corrected chi connectivity index (χ1v) is 10.9. The predicted octanol–water partition coefficient (Wildman–Crippen LogP) is 5.35. The zero-order chi connectivity index (χ0) is 23.2. The van der Waals surface area contributed by atoms with Crippen LogP contribution in [-0.2, 0) is 11.2 Å². The lowest BCUT2D eigenvalue weighted by atomic mass is 10.1. The third-order valence-corrected chi connectivity index (χ3v) is 5.43. The van der Waals surface area contributed by atoms with Crippen LogP contribution in [-0.4, -0.2) is 35.2 Å². The summed E-state index contributed by atoms with van der Waals surface area (Å²) in [6, 6.07) is 10.1. The lowest BCUT2D eigenvalue weighted by molar-refractivity contribution is -0.121. The molecule has 0 aliphatic heterocycles. The van der Waals surface area contributed by atoms with Crippen LogP contribution >= 0.6 is 70.2 Å². The Bertz CT molecular complexity index is 936. The minimum atomic E-state index is -1.91. The fourth-order valence-electron chi connectivity index (χ4n) is 2.49. The molecule has 1 atom stereocenters. The van der Waals surface area contributed by atoms with Gasteiger partial charge in [-0.3, -0.25) is 4.79 Å². The molecule has 0 radical (unpaired) electrons. The van der Waals surface area contributed by atoms with Crippen molar-refractivity contribution in [3.8, 4) is 11.5 Å². The summed E-state index contributed by atoms with van der Waals surface area (Å²) in [5.41, 5.74) is 1.05. The first-order valence-electron chi connectivity index (χ1n) is 8.63. The molecular formula is C19H18Cl5N3O3S. The highest BCUT2D eigenvalue weighted by molar-refractivity contribution is 7.80. The molecule has 2 rings (SSSR count). The Morgan fingerprint density at radius 1 is 1.03 bits per heavy atom. The van der Waals surface area contributed by atoms with Gasteiger partial charge < -0.3 is 25.4 Å². The zero-order valence-electron chi connectivity index (χ0n) is 16.3. The van der Waals surface area contributed by atoms with Crippen molar-refractivity contribution in [3.05, 3.63) is 52.0 Å². The van der Waals surface area contributed by atoms with Crippen molar-refractivity contribution < 1.29 is 14.3 Å². The van der Waals surface area contributed by atoms with Gasteiger partial charge in [0.25, 0.3) is 0 Å². The lowest BCUT2D eigenvalue weighted by Gasteiger charge is -2.28.